The van der Waals surface area contributed by atoms with Crippen LogP contribution in [-0.4, -0.2) is 30.8 Å². The van der Waals surface area contributed by atoms with E-state index in [0.29, 0.717) is 6.04 Å². The van der Waals surface area contributed by atoms with Crippen molar-refractivity contribution < 1.29 is 4.74 Å². The fourth-order valence-corrected chi connectivity index (χ4v) is 2.13. The van der Waals surface area contributed by atoms with E-state index in [2.05, 4.69) is 28.9 Å². The summed E-state index contributed by atoms with van der Waals surface area (Å²) in [5, 5.41) is 0. The monoisotopic (exact) mass is 235 g/mol. The van der Waals surface area contributed by atoms with Gasteiger partial charge in [0.15, 0.2) is 0 Å². The molecule has 1 fully saturated rings. The van der Waals surface area contributed by atoms with E-state index in [1.165, 1.54) is 0 Å². The molecule has 0 saturated carbocycles. The van der Waals surface area contributed by atoms with Crippen LogP contribution in [0.5, 0.6) is 0 Å². The molecular formula is C13H21N3O. The van der Waals surface area contributed by atoms with Crippen molar-refractivity contribution >= 4 is 5.82 Å². The van der Waals surface area contributed by atoms with Crippen molar-refractivity contribution in [2.24, 2.45) is 5.73 Å². The molecule has 0 spiro atoms. The largest absolute Gasteiger partial charge is 0.377 e. The Morgan fingerprint density at radius 1 is 1.59 bits per heavy atom. The van der Waals surface area contributed by atoms with Crippen molar-refractivity contribution in [2.75, 3.05) is 24.7 Å². The minimum Gasteiger partial charge on any atom is -0.377 e. The number of aromatic nitrogens is 1. The van der Waals surface area contributed by atoms with Gasteiger partial charge in [0, 0.05) is 18.8 Å². The lowest BCUT2D eigenvalue weighted by Crippen LogP contribution is -2.45. The SMILES string of the molecule is CCC1COCCN1c1ccc([C@@H](C)N)cn1. The zero-order valence-electron chi connectivity index (χ0n) is 10.6. The number of ether oxygens (including phenoxy) is 1. The van der Waals surface area contributed by atoms with Crippen LogP contribution in [0.4, 0.5) is 5.82 Å². The summed E-state index contributed by atoms with van der Waals surface area (Å²) in [5.41, 5.74) is 6.90. The molecule has 0 bridgehead atoms. The molecule has 0 aromatic carbocycles. The minimum atomic E-state index is 0.0446. The number of rotatable bonds is 3. The van der Waals surface area contributed by atoms with E-state index in [1.54, 1.807) is 0 Å². The summed E-state index contributed by atoms with van der Waals surface area (Å²) in [6.07, 6.45) is 2.96. The average Bonchev–Trinajstić information content (AvgIpc) is 2.39. The quantitative estimate of drug-likeness (QED) is 0.866. The predicted molar refractivity (Wildman–Crippen MR) is 69.1 cm³/mol. The summed E-state index contributed by atoms with van der Waals surface area (Å²) < 4.78 is 5.50. The molecule has 1 saturated heterocycles. The van der Waals surface area contributed by atoms with Crippen LogP contribution in [0.2, 0.25) is 0 Å². The van der Waals surface area contributed by atoms with Crippen LogP contribution in [0.15, 0.2) is 18.3 Å². The number of nitrogens with two attached hydrogens (primary N) is 1. The molecule has 1 aliphatic rings. The van der Waals surface area contributed by atoms with Crippen LogP contribution in [-0.2, 0) is 4.74 Å². The van der Waals surface area contributed by atoms with Crippen molar-refractivity contribution in [3.05, 3.63) is 23.9 Å². The number of morpholine rings is 1. The maximum Gasteiger partial charge on any atom is 0.128 e. The molecular weight excluding hydrogens is 214 g/mol. The fraction of sp³-hybridized carbons (Fsp3) is 0.615. The summed E-state index contributed by atoms with van der Waals surface area (Å²) in [7, 11) is 0. The Morgan fingerprint density at radius 2 is 2.41 bits per heavy atom. The van der Waals surface area contributed by atoms with Crippen molar-refractivity contribution in [3.63, 3.8) is 0 Å². The summed E-state index contributed by atoms with van der Waals surface area (Å²) in [4.78, 5) is 6.84. The first-order chi connectivity index (χ1) is 8.22. The molecule has 2 rings (SSSR count). The number of anilines is 1. The number of pyridine rings is 1. The molecule has 2 atom stereocenters. The molecule has 1 aliphatic heterocycles. The van der Waals surface area contributed by atoms with Gasteiger partial charge in [0.1, 0.15) is 5.82 Å². The predicted octanol–water partition coefficient (Wildman–Crippen LogP) is 1.72. The standard InChI is InChI=1S/C13H21N3O/c1-3-12-9-17-7-6-16(12)13-5-4-11(8-15-13)10(2)14/h4-5,8,10,12H,3,6-7,9,14H2,1-2H3/t10-,12?/m1/s1. The molecule has 4 nitrogen and oxygen atoms in total. The van der Waals surface area contributed by atoms with Gasteiger partial charge in [-0.25, -0.2) is 4.98 Å². The molecule has 1 aromatic rings. The first kappa shape index (κ1) is 12.3. The highest BCUT2D eigenvalue weighted by atomic mass is 16.5. The smallest absolute Gasteiger partial charge is 0.128 e. The van der Waals surface area contributed by atoms with Gasteiger partial charge >= 0.3 is 0 Å². The van der Waals surface area contributed by atoms with Crippen molar-refractivity contribution in [3.8, 4) is 0 Å². The topological polar surface area (TPSA) is 51.4 Å². The van der Waals surface area contributed by atoms with Gasteiger partial charge < -0.3 is 15.4 Å². The maximum absolute atomic E-state index is 5.82. The van der Waals surface area contributed by atoms with Crippen LogP contribution in [0, 0.1) is 0 Å². The lowest BCUT2D eigenvalue weighted by molar-refractivity contribution is 0.0925. The van der Waals surface area contributed by atoms with Gasteiger partial charge in [-0.15, -0.1) is 0 Å². The molecule has 94 valence electrons. The Labute approximate surface area is 103 Å². The van der Waals surface area contributed by atoms with E-state index >= 15 is 0 Å². The first-order valence-electron chi connectivity index (χ1n) is 6.28. The second kappa shape index (κ2) is 5.47. The lowest BCUT2D eigenvalue weighted by atomic mass is 10.1. The second-order valence-electron chi connectivity index (χ2n) is 4.57. The summed E-state index contributed by atoms with van der Waals surface area (Å²) in [6.45, 7) is 6.66. The van der Waals surface area contributed by atoms with Crippen LogP contribution in [0.25, 0.3) is 0 Å². The van der Waals surface area contributed by atoms with E-state index in [1.807, 2.05) is 13.1 Å². The maximum atomic E-state index is 5.82. The van der Waals surface area contributed by atoms with Gasteiger partial charge in [-0.05, 0) is 25.0 Å². The number of hydrogen-bond acceptors (Lipinski definition) is 4. The van der Waals surface area contributed by atoms with Crippen molar-refractivity contribution in [1.29, 1.82) is 0 Å². The molecule has 1 unspecified atom stereocenters. The molecule has 4 heteroatoms. The second-order valence-corrected chi connectivity index (χ2v) is 4.57. The van der Waals surface area contributed by atoms with Crippen LogP contribution >= 0.6 is 0 Å². The Morgan fingerprint density at radius 3 is 3.00 bits per heavy atom. The fourth-order valence-electron chi connectivity index (χ4n) is 2.13. The average molecular weight is 235 g/mol. The molecule has 0 amide bonds. The van der Waals surface area contributed by atoms with Gasteiger partial charge in [0.25, 0.3) is 0 Å². The third-order valence-corrected chi connectivity index (χ3v) is 3.29. The van der Waals surface area contributed by atoms with Gasteiger partial charge in [-0.2, -0.15) is 0 Å². The zero-order chi connectivity index (χ0) is 12.3. The van der Waals surface area contributed by atoms with Crippen LogP contribution in [0.3, 0.4) is 0 Å². The van der Waals surface area contributed by atoms with Crippen molar-refractivity contribution in [2.45, 2.75) is 32.4 Å². The van der Waals surface area contributed by atoms with E-state index in [0.717, 1.165) is 37.6 Å². The third-order valence-electron chi connectivity index (χ3n) is 3.29. The molecule has 2 heterocycles. The molecule has 0 radical (unpaired) electrons. The first-order valence-corrected chi connectivity index (χ1v) is 6.28. The summed E-state index contributed by atoms with van der Waals surface area (Å²) >= 11 is 0. The van der Waals surface area contributed by atoms with Crippen molar-refractivity contribution in [1.82, 2.24) is 4.98 Å². The van der Waals surface area contributed by atoms with E-state index in [4.69, 9.17) is 10.5 Å². The summed E-state index contributed by atoms with van der Waals surface area (Å²) in [5.74, 6) is 1.03. The van der Waals surface area contributed by atoms with E-state index in [9.17, 15) is 0 Å². The summed E-state index contributed by atoms with van der Waals surface area (Å²) in [6, 6.07) is 4.61. The van der Waals surface area contributed by atoms with Gasteiger partial charge in [-0.3, -0.25) is 0 Å². The molecule has 2 N–H and O–H groups in total. The molecule has 0 aliphatic carbocycles. The normalized spacial score (nSPS) is 22.5. The highest BCUT2D eigenvalue weighted by Gasteiger charge is 2.22. The molecule has 17 heavy (non-hydrogen) atoms. The highest BCUT2D eigenvalue weighted by Crippen LogP contribution is 2.20. The van der Waals surface area contributed by atoms with Gasteiger partial charge in [0.05, 0.1) is 19.3 Å². The number of hydrogen-bond donors (Lipinski definition) is 1. The van der Waals surface area contributed by atoms with Gasteiger partial charge in [0.2, 0.25) is 0 Å². The lowest BCUT2D eigenvalue weighted by Gasteiger charge is -2.36. The molecule has 1 aromatic heterocycles. The van der Waals surface area contributed by atoms with E-state index in [-0.39, 0.29) is 6.04 Å². The Kier molecular flexibility index (Phi) is 3.97. The van der Waals surface area contributed by atoms with Crippen LogP contribution in [0.1, 0.15) is 31.9 Å². The van der Waals surface area contributed by atoms with Crippen LogP contribution < -0.4 is 10.6 Å². The van der Waals surface area contributed by atoms with Gasteiger partial charge in [-0.1, -0.05) is 13.0 Å². The Balaban J connectivity index is 2.15. The Hall–Kier alpha value is -1.13. The Bertz CT molecular complexity index is 350. The minimum absolute atomic E-state index is 0.0446. The highest BCUT2D eigenvalue weighted by molar-refractivity contribution is 5.41. The third kappa shape index (κ3) is 2.76. The number of nitrogens with zero attached hydrogens (tertiary/aromatic N) is 2. The van der Waals surface area contributed by atoms with E-state index < -0.39 is 0 Å². The zero-order valence-corrected chi connectivity index (χ0v) is 10.6.